The number of halogens is 1. The molecule has 4 N–H and O–H groups in total. The van der Waals surface area contributed by atoms with Gasteiger partial charge >= 0.3 is 0 Å². The lowest BCUT2D eigenvalue weighted by Crippen LogP contribution is -2.39. The molecule has 3 saturated heterocycles. The number of ether oxygens (including phenoxy) is 2. The normalized spacial score (nSPS) is 23.0. The number of aromatic nitrogens is 1. The summed E-state index contributed by atoms with van der Waals surface area (Å²) in [5.41, 5.74) is 8.56. The largest absolute Gasteiger partial charge is 0.496 e. The summed E-state index contributed by atoms with van der Waals surface area (Å²) in [6.45, 7) is 4.40. The first-order valence-corrected chi connectivity index (χ1v) is 16.7. The lowest BCUT2D eigenvalue weighted by molar-refractivity contribution is -0.134. The van der Waals surface area contributed by atoms with Crippen LogP contribution in [0.2, 0.25) is 0 Å². The third-order valence-electron chi connectivity index (χ3n) is 9.80. The molecule has 0 aliphatic carbocycles. The van der Waals surface area contributed by atoms with E-state index in [1.54, 1.807) is 18.3 Å². The zero-order valence-electron chi connectivity index (χ0n) is 27.6. The van der Waals surface area contributed by atoms with Gasteiger partial charge in [0.1, 0.15) is 12.4 Å². The van der Waals surface area contributed by atoms with Crippen LogP contribution in [0.5, 0.6) is 11.6 Å². The average molecular weight is 670 g/mol. The molecular weight excluding hydrogens is 629 g/mol. The Labute approximate surface area is 284 Å². The molecule has 49 heavy (non-hydrogen) atoms. The summed E-state index contributed by atoms with van der Waals surface area (Å²) in [5, 5.41) is 6.27. The van der Waals surface area contributed by atoms with Crippen molar-refractivity contribution >= 4 is 34.4 Å². The fraction of sp³-hybridized carbons (Fsp3) is 0.432. The van der Waals surface area contributed by atoms with Gasteiger partial charge in [0.05, 0.1) is 30.2 Å². The van der Waals surface area contributed by atoms with Gasteiger partial charge in [-0.05, 0) is 62.0 Å². The second kappa shape index (κ2) is 14.6. The van der Waals surface area contributed by atoms with Crippen molar-refractivity contribution in [2.24, 2.45) is 17.6 Å². The minimum Gasteiger partial charge on any atom is -0.496 e. The van der Waals surface area contributed by atoms with E-state index in [4.69, 9.17) is 15.2 Å². The van der Waals surface area contributed by atoms with Gasteiger partial charge in [0.2, 0.25) is 17.7 Å². The number of likely N-dealkylation sites (tertiary alicyclic amines) is 1. The van der Waals surface area contributed by atoms with Crippen LogP contribution in [0.4, 0.5) is 4.39 Å². The number of carbonyl (C=O) groups is 4. The number of methoxy groups -OCH3 is 1. The average Bonchev–Trinajstić information content (AvgIpc) is 3.38. The molecule has 0 bridgehead atoms. The first-order chi connectivity index (χ1) is 23.6. The highest BCUT2D eigenvalue weighted by Gasteiger charge is 2.42. The van der Waals surface area contributed by atoms with Gasteiger partial charge < -0.3 is 20.5 Å². The predicted octanol–water partition coefficient (Wildman–Crippen LogP) is 3.37. The highest BCUT2D eigenvalue weighted by molar-refractivity contribution is 6.03. The summed E-state index contributed by atoms with van der Waals surface area (Å²) in [6.07, 6.45) is 3.15. The van der Waals surface area contributed by atoms with Crippen LogP contribution in [0.25, 0.3) is 10.8 Å². The quantitative estimate of drug-likeness (QED) is 0.232. The number of nitrogens with two attached hydrogens (primary N) is 1. The number of amides is 4. The first-order valence-electron chi connectivity index (χ1n) is 16.7. The number of hydrogen-bond acceptors (Lipinski definition) is 8. The van der Waals surface area contributed by atoms with E-state index in [-0.39, 0.29) is 47.5 Å². The molecule has 0 saturated carbocycles. The Hall–Kier alpha value is -5.02. The van der Waals surface area contributed by atoms with E-state index >= 15 is 0 Å². The van der Waals surface area contributed by atoms with Crippen molar-refractivity contribution in [1.82, 2.24) is 20.5 Å². The fourth-order valence-corrected chi connectivity index (χ4v) is 6.95. The zero-order chi connectivity index (χ0) is 34.7. The van der Waals surface area contributed by atoms with Gasteiger partial charge in [-0.25, -0.2) is 9.37 Å². The van der Waals surface area contributed by atoms with E-state index in [1.807, 2.05) is 19.1 Å². The van der Waals surface area contributed by atoms with Gasteiger partial charge in [-0.15, -0.1) is 0 Å². The van der Waals surface area contributed by atoms with Crippen LogP contribution in [0, 0.1) is 23.7 Å². The lowest BCUT2D eigenvalue weighted by atomic mass is 9.90. The van der Waals surface area contributed by atoms with Gasteiger partial charge in [-0.2, -0.15) is 0 Å². The van der Waals surface area contributed by atoms with Crippen molar-refractivity contribution < 1.29 is 33.0 Å². The highest BCUT2D eigenvalue weighted by atomic mass is 19.1. The Morgan fingerprint density at radius 3 is 2.51 bits per heavy atom. The molecule has 3 aromatic rings. The number of alkyl halides is 1. The number of nitrogens with one attached hydrogen (secondary N) is 2. The summed E-state index contributed by atoms with van der Waals surface area (Å²) in [5.74, 6) is 4.84. The molecule has 4 atom stereocenters. The molecular formula is C37H40FN5O6. The minimum absolute atomic E-state index is 0.0280. The number of pyridine rings is 1. The smallest absolute Gasteiger partial charge is 0.255 e. The van der Waals surface area contributed by atoms with Crippen LogP contribution in [-0.4, -0.2) is 72.5 Å². The number of primary amides is 1. The Morgan fingerprint density at radius 1 is 1.08 bits per heavy atom. The van der Waals surface area contributed by atoms with Crippen molar-refractivity contribution in [3.8, 4) is 23.5 Å². The monoisotopic (exact) mass is 669 g/mol. The zero-order valence-corrected chi connectivity index (χ0v) is 27.6. The van der Waals surface area contributed by atoms with Gasteiger partial charge in [0, 0.05) is 41.8 Å². The molecule has 3 aliphatic heterocycles. The Kier molecular flexibility index (Phi) is 10.1. The molecule has 1 aromatic heterocycles. The van der Waals surface area contributed by atoms with Crippen LogP contribution in [0.15, 0.2) is 42.6 Å². The summed E-state index contributed by atoms with van der Waals surface area (Å²) in [6, 6.07) is 10.8. The van der Waals surface area contributed by atoms with E-state index in [1.165, 1.54) is 7.11 Å². The Bertz CT molecular complexity index is 1830. The molecule has 256 valence electrons. The molecule has 0 radical (unpaired) electrons. The third kappa shape index (κ3) is 7.37. The standard InChI is InChI=1S/C37H40FN5O6/c1-3-25-30(41-36(47)33(25)38)20-49-37-28-17-31(48-2)29(34(39)45)16-27(28)24(18-40-37)9-4-21-12-14-43(15-13-21)19-22-5-7-23(8-6-22)26-10-11-32(44)42-35(26)46/h5-8,16-18,21,25-26,30,33H,3,10-15,19-20H2,1-2H3,(H2,39,45)(H,41,47)(H,42,44,46)/t25-,26?,30+,33-/m0/s1. The highest BCUT2D eigenvalue weighted by Crippen LogP contribution is 2.34. The second-order valence-electron chi connectivity index (χ2n) is 12.9. The summed E-state index contributed by atoms with van der Waals surface area (Å²) < 4.78 is 25.8. The Balaban J connectivity index is 1.13. The number of rotatable bonds is 9. The maximum absolute atomic E-state index is 14.4. The van der Waals surface area contributed by atoms with Crippen LogP contribution in [-0.2, 0) is 20.9 Å². The summed E-state index contributed by atoms with van der Waals surface area (Å²) >= 11 is 0. The van der Waals surface area contributed by atoms with Gasteiger partial charge in [-0.3, -0.25) is 29.4 Å². The van der Waals surface area contributed by atoms with E-state index < -0.39 is 29.9 Å². The molecule has 3 fully saturated rings. The topological polar surface area (TPSA) is 153 Å². The predicted molar refractivity (Wildman–Crippen MR) is 179 cm³/mol. The van der Waals surface area contributed by atoms with E-state index in [9.17, 15) is 23.6 Å². The summed E-state index contributed by atoms with van der Waals surface area (Å²) in [7, 11) is 1.44. The molecule has 12 heteroatoms. The third-order valence-corrected chi connectivity index (χ3v) is 9.80. The minimum atomic E-state index is -1.58. The van der Waals surface area contributed by atoms with E-state index in [0.717, 1.165) is 43.6 Å². The maximum Gasteiger partial charge on any atom is 0.255 e. The first kappa shape index (κ1) is 33.9. The van der Waals surface area contributed by atoms with Crippen molar-refractivity contribution in [2.75, 3.05) is 26.8 Å². The van der Waals surface area contributed by atoms with Crippen molar-refractivity contribution in [1.29, 1.82) is 0 Å². The maximum atomic E-state index is 14.4. The molecule has 3 aliphatic rings. The molecule has 6 rings (SSSR count). The number of nitrogens with zero attached hydrogens (tertiary/aromatic N) is 2. The SMILES string of the molecule is CC[C@@H]1[C@H](F)C(=O)N[C@@H]1COc1ncc(C#CC2CCN(Cc3ccc(C4CCC(=O)NC4=O)cc3)CC2)c2cc(C(N)=O)c(OC)cc12. The van der Waals surface area contributed by atoms with Gasteiger partial charge in [0.25, 0.3) is 11.8 Å². The summed E-state index contributed by atoms with van der Waals surface area (Å²) in [4.78, 5) is 54.8. The number of benzene rings is 2. The molecule has 2 aromatic carbocycles. The van der Waals surface area contributed by atoms with Crippen molar-refractivity contribution in [3.05, 3.63) is 64.8 Å². The van der Waals surface area contributed by atoms with Gasteiger partial charge in [-0.1, -0.05) is 43.0 Å². The van der Waals surface area contributed by atoms with Crippen molar-refractivity contribution in [3.63, 3.8) is 0 Å². The Morgan fingerprint density at radius 2 is 1.84 bits per heavy atom. The molecule has 11 nitrogen and oxygen atoms in total. The number of fused-ring (bicyclic) bond motifs is 1. The molecule has 0 spiro atoms. The van der Waals surface area contributed by atoms with E-state index in [0.29, 0.717) is 35.6 Å². The van der Waals surface area contributed by atoms with Gasteiger partial charge in [0.15, 0.2) is 6.17 Å². The number of imide groups is 1. The number of hydrogen-bond donors (Lipinski definition) is 3. The number of piperidine rings is 2. The molecule has 4 heterocycles. The van der Waals surface area contributed by atoms with E-state index in [2.05, 4.69) is 44.5 Å². The van der Waals surface area contributed by atoms with Crippen molar-refractivity contribution in [2.45, 2.75) is 63.7 Å². The number of carbonyl (C=O) groups excluding carboxylic acids is 4. The lowest BCUT2D eigenvalue weighted by Gasteiger charge is -2.30. The molecule has 4 amide bonds. The van der Waals surface area contributed by atoms with Crippen LogP contribution >= 0.6 is 0 Å². The van der Waals surface area contributed by atoms with Crippen LogP contribution in [0.1, 0.15) is 72.0 Å². The van der Waals surface area contributed by atoms with Crippen LogP contribution < -0.4 is 25.8 Å². The fourth-order valence-electron chi connectivity index (χ4n) is 6.95. The molecule has 1 unspecified atom stereocenters. The second-order valence-corrected chi connectivity index (χ2v) is 12.9. The van der Waals surface area contributed by atoms with Crippen LogP contribution in [0.3, 0.4) is 0 Å².